The third-order valence-electron chi connectivity index (χ3n) is 4.49. The first-order chi connectivity index (χ1) is 10.2. The Labute approximate surface area is 128 Å². The lowest BCUT2D eigenvalue weighted by Gasteiger charge is -2.38. The molecule has 4 heteroatoms. The maximum absolute atomic E-state index is 5.57. The zero-order chi connectivity index (χ0) is 15.2. The number of likely N-dealkylation sites (N-methyl/N-ethyl adjacent to an activating group) is 1. The molecule has 2 unspecified atom stereocenters. The summed E-state index contributed by atoms with van der Waals surface area (Å²) >= 11 is 0. The Hall–Kier alpha value is -1.26. The second-order valence-corrected chi connectivity index (χ2v) is 5.61. The highest BCUT2D eigenvalue weighted by Gasteiger charge is 2.26. The van der Waals surface area contributed by atoms with E-state index in [1.807, 2.05) is 12.1 Å². The summed E-state index contributed by atoms with van der Waals surface area (Å²) in [7, 11) is 3.41. The molecule has 2 atom stereocenters. The van der Waals surface area contributed by atoms with Gasteiger partial charge in [-0.05, 0) is 38.9 Å². The predicted molar refractivity (Wildman–Crippen MR) is 86.2 cm³/mol. The van der Waals surface area contributed by atoms with Crippen LogP contribution in [0, 0.1) is 0 Å². The third kappa shape index (κ3) is 3.69. The van der Waals surface area contributed by atoms with Crippen LogP contribution in [0.4, 0.5) is 0 Å². The third-order valence-corrected chi connectivity index (χ3v) is 4.49. The summed E-state index contributed by atoms with van der Waals surface area (Å²) in [5.74, 6) is 1.74. The zero-order valence-corrected chi connectivity index (χ0v) is 13.7. The van der Waals surface area contributed by atoms with E-state index in [9.17, 15) is 0 Å². The van der Waals surface area contributed by atoms with Crippen LogP contribution < -0.4 is 14.8 Å². The van der Waals surface area contributed by atoms with Gasteiger partial charge in [0.15, 0.2) is 0 Å². The van der Waals surface area contributed by atoms with E-state index in [1.54, 1.807) is 14.2 Å². The lowest BCUT2D eigenvalue weighted by molar-refractivity contribution is 0.126. The van der Waals surface area contributed by atoms with Gasteiger partial charge in [0.1, 0.15) is 11.5 Å². The summed E-state index contributed by atoms with van der Waals surface area (Å²) in [6.45, 7) is 7.77. The smallest absolute Gasteiger partial charge is 0.127 e. The quantitative estimate of drug-likeness (QED) is 0.874. The summed E-state index contributed by atoms with van der Waals surface area (Å²) in [6, 6.07) is 7.05. The molecule has 0 aromatic heterocycles. The monoisotopic (exact) mass is 292 g/mol. The van der Waals surface area contributed by atoms with Crippen molar-refractivity contribution in [2.75, 3.05) is 33.9 Å². The second-order valence-electron chi connectivity index (χ2n) is 5.61. The Morgan fingerprint density at radius 2 is 2.14 bits per heavy atom. The van der Waals surface area contributed by atoms with Crippen LogP contribution in [-0.2, 0) is 0 Å². The minimum Gasteiger partial charge on any atom is -0.497 e. The Bertz CT molecular complexity index is 444. The highest BCUT2D eigenvalue weighted by atomic mass is 16.5. The first-order valence-electron chi connectivity index (χ1n) is 7.89. The van der Waals surface area contributed by atoms with Gasteiger partial charge in [-0.3, -0.25) is 4.90 Å². The Balaban J connectivity index is 2.21. The number of hydrogen-bond donors (Lipinski definition) is 1. The number of ether oxygens (including phenoxy) is 2. The molecular weight excluding hydrogens is 264 g/mol. The summed E-state index contributed by atoms with van der Waals surface area (Å²) in [4.78, 5) is 2.57. The van der Waals surface area contributed by atoms with E-state index in [0.717, 1.165) is 31.1 Å². The topological polar surface area (TPSA) is 33.7 Å². The lowest BCUT2D eigenvalue weighted by atomic mass is 9.99. The summed E-state index contributed by atoms with van der Waals surface area (Å²) in [5.41, 5.74) is 1.23. The molecule has 1 N–H and O–H groups in total. The van der Waals surface area contributed by atoms with Gasteiger partial charge in [0.05, 0.1) is 14.2 Å². The van der Waals surface area contributed by atoms with Crippen LogP contribution >= 0.6 is 0 Å². The van der Waals surface area contributed by atoms with E-state index in [1.165, 1.54) is 18.4 Å². The molecule has 21 heavy (non-hydrogen) atoms. The fraction of sp³-hybridized carbons (Fsp3) is 0.647. The van der Waals surface area contributed by atoms with Crippen LogP contribution in [0.5, 0.6) is 11.5 Å². The molecule has 1 aromatic rings. The van der Waals surface area contributed by atoms with E-state index in [4.69, 9.17) is 9.47 Å². The average molecular weight is 292 g/mol. The largest absolute Gasteiger partial charge is 0.497 e. The van der Waals surface area contributed by atoms with Crippen LogP contribution in [0.15, 0.2) is 18.2 Å². The van der Waals surface area contributed by atoms with Crippen molar-refractivity contribution in [2.24, 2.45) is 0 Å². The van der Waals surface area contributed by atoms with Crippen molar-refractivity contribution in [1.29, 1.82) is 0 Å². The molecule has 1 aliphatic rings. The zero-order valence-electron chi connectivity index (χ0n) is 13.7. The summed E-state index contributed by atoms with van der Waals surface area (Å²) in [6.07, 6.45) is 2.53. The van der Waals surface area contributed by atoms with Gasteiger partial charge >= 0.3 is 0 Å². The van der Waals surface area contributed by atoms with Crippen molar-refractivity contribution in [2.45, 2.75) is 38.8 Å². The van der Waals surface area contributed by atoms with Crippen molar-refractivity contribution in [3.8, 4) is 11.5 Å². The number of methoxy groups -OCH3 is 2. The molecule has 1 aliphatic heterocycles. The molecule has 118 valence electrons. The van der Waals surface area contributed by atoms with Gasteiger partial charge in [0.2, 0.25) is 0 Å². The van der Waals surface area contributed by atoms with Gasteiger partial charge in [0, 0.05) is 30.3 Å². The Morgan fingerprint density at radius 1 is 1.33 bits per heavy atom. The molecule has 1 heterocycles. The molecular formula is C17H28N2O2. The maximum Gasteiger partial charge on any atom is 0.127 e. The van der Waals surface area contributed by atoms with Gasteiger partial charge in [0.25, 0.3) is 0 Å². The predicted octanol–water partition coefficient (Wildman–Crippen LogP) is 2.84. The molecule has 1 aromatic carbocycles. The number of benzene rings is 1. The molecule has 0 spiro atoms. The van der Waals surface area contributed by atoms with E-state index >= 15 is 0 Å². The van der Waals surface area contributed by atoms with Gasteiger partial charge in [-0.15, -0.1) is 0 Å². The minimum atomic E-state index is 0.334. The van der Waals surface area contributed by atoms with Crippen LogP contribution in [0.1, 0.15) is 38.3 Å². The Kier molecular flexibility index (Phi) is 5.88. The van der Waals surface area contributed by atoms with Crippen molar-refractivity contribution >= 4 is 0 Å². The van der Waals surface area contributed by atoms with Crippen LogP contribution in [0.3, 0.4) is 0 Å². The first-order valence-corrected chi connectivity index (χ1v) is 7.89. The van der Waals surface area contributed by atoms with Gasteiger partial charge in [-0.2, -0.15) is 0 Å². The molecule has 1 saturated heterocycles. The number of hydrogen-bond acceptors (Lipinski definition) is 4. The van der Waals surface area contributed by atoms with Crippen molar-refractivity contribution in [3.63, 3.8) is 0 Å². The summed E-state index contributed by atoms with van der Waals surface area (Å²) < 4.78 is 10.9. The number of piperidine rings is 1. The van der Waals surface area contributed by atoms with Crippen LogP contribution in [0.25, 0.3) is 0 Å². The maximum atomic E-state index is 5.57. The van der Waals surface area contributed by atoms with E-state index in [-0.39, 0.29) is 0 Å². The van der Waals surface area contributed by atoms with Crippen LogP contribution in [0.2, 0.25) is 0 Å². The standard InChI is InChI=1S/C17H28N2O2/c1-5-19(14-7-6-10-18-12-14)13(2)16-9-8-15(20-3)11-17(16)21-4/h8-9,11,13-14,18H,5-7,10,12H2,1-4H3. The van der Waals surface area contributed by atoms with Crippen molar-refractivity contribution in [1.82, 2.24) is 10.2 Å². The van der Waals surface area contributed by atoms with Crippen molar-refractivity contribution < 1.29 is 9.47 Å². The SMILES string of the molecule is CCN(C1CCCNC1)C(C)c1ccc(OC)cc1OC. The molecule has 1 fully saturated rings. The number of nitrogens with one attached hydrogen (secondary N) is 1. The number of nitrogens with zero attached hydrogens (tertiary/aromatic N) is 1. The van der Waals surface area contributed by atoms with Crippen molar-refractivity contribution in [3.05, 3.63) is 23.8 Å². The van der Waals surface area contributed by atoms with Gasteiger partial charge in [-0.25, -0.2) is 0 Å². The molecule has 0 aliphatic carbocycles. The first kappa shape index (κ1) is 16.1. The van der Waals surface area contributed by atoms with E-state index < -0.39 is 0 Å². The molecule has 0 bridgehead atoms. The normalized spacial score (nSPS) is 20.3. The summed E-state index contributed by atoms with van der Waals surface area (Å²) in [5, 5.41) is 3.51. The minimum absolute atomic E-state index is 0.334. The molecule has 0 saturated carbocycles. The highest BCUT2D eigenvalue weighted by Crippen LogP contribution is 2.34. The average Bonchev–Trinajstić information content (AvgIpc) is 2.55. The van der Waals surface area contributed by atoms with E-state index in [2.05, 4.69) is 30.1 Å². The van der Waals surface area contributed by atoms with Gasteiger partial charge < -0.3 is 14.8 Å². The molecule has 4 nitrogen and oxygen atoms in total. The van der Waals surface area contributed by atoms with Crippen LogP contribution in [-0.4, -0.2) is 44.8 Å². The molecule has 0 radical (unpaired) electrons. The Morgan fingerprint density at radius 3 is 2.71 bits per heavy atom. The lowest BCUT2D eigenvalue weighted by Crippen LogP contribution is -2.46. The molecule has 2 rings (SSSR count). The fourth-order valence-corrected chi connectivity index (χ4v) is 3.31. The second kappa shape index (κ2) is 7.66. The number of rotatable bonds is 6. The highest BCUT2D eigenvalue weighted by molar-refractivity contribution is 5.42. The van der Waals surface area contributed by atoms with Gasteiger partial charge in [-0.1, -0.05) is 13.0 Å². The molecule has 0 amide bonds. The fourth-order valence-electron chi connectivity index (χ4n) is 3.31. The van der Waals surface area contributed by atoms with E-state index in [0.29, 0.717) is 12.1 Å².